The molecule has 0 bridgehead atoms. The Morgan fingerprint density at radius 1 is 1.22 bits per heavy atom. The molecule has 1 atom stereocenters. The van der Waals surface area contributed by atoms with E-state index in [4.69, 9.17) is 0 Å². The van der Waals surface area contributed by atoms with Gasteiger partial charge in [0.05, 0.1) is 18.2 Å². The van der Waals surface area contributed by atoms with E-state index in [1.165, 1.54) is 12.1 Å². The van der Waals surface area contributed by atoms with E-state index in [1.807, 2.05) is 4.98 Å². The predicted molar refractivity (Wildman–Crippen MR) is 84.3 cm³/mol. The van der Waals surface area contributed by atoms with Gasteiger partial charge in [-0.2, -0.15) is 18.3 Å². The molecule has 0 saturated carbocycles. The minimum Gasteiger partial charge on any atom is -0.390 e. The van der Waals surface area contributed by atoms with Gasteiger partial charge in [-0.25, -0.2) is 18.4 Å². The fraction of sp³-hybridized carbons (Fsp3) is 0.312. The van der Waals surface area contributed by atoms with Gasteiger partial charge in [-0.05, 0) is 24.6 Å². The smallest absolute Gasteiger partial charge is 0.390 e. The number of alkyl halides is 5. The number of rotatable bonds is 4. The second-order valence-electron chi connectivity index (χ2n) is 5.80. The summed E-state index contributed by atoms with van der Waals surface area (Å²) < 4.78 is 65.1. The average Bonchev–Trinajstić information content (AvgIpc) is 2.99. The van der Waals surface area contributed by atoms with Crippen LogP contribution in [0.2, 0.25) is 0 Å². The zero-order valence-electron chi connectivity index (χ0n) is 13.8. The molecule has 0 saturated heterocycles. The van der Waals surface area contributed by atoms with E-state index in [0.29, 0.717) is 5.56 Å². The van der Waals surface area contributed by atoms with Crippen molar-refractivity contribution < 1.29 is 27.1 Å². The molecule has 0 aliphatic carbocycles. The van der Waals surface area contributed by atoms with Gasteiger partial charge in [0.15, 0.2) is 11.5 Å². The number of aromatic amines is 1. The van der Waals surface area contributed by atoms with Crippen LogP contribution in [-0.4, -0.2) is 24.9 Å². The number of benzene rings is 1. The number of aliphatic hydroxyl groups is 1. The van der Waals surface area contributed by atoms with Crippen molar-refractivity contribution in [1.82, 2.24) is 19.7 Å². The molecule has 2 heterocycles. The molecule has 0 radical (unpaired) electrons. The molecule has 11 heteroatoms. The van der Waals surface area contributed by atoms with E-state index in [0.717, 1.165) is 16.8 Å². The molecule has 0 aliphatic rings. The van der Waals surface area contributed by atoms with E-state index >= 15 is 0 Å². The topological polar surface area (TPSA) is 83.8 Å². The maximum absolute atomic E-state index is 13.0. The lowest BCUT2D eigenvalue weighted by molar-refractivity contribution is -0.137. The Hall–Kier alpha value is -2.82. The Morgan fingerprint density at radius 3 is 2.37 bits per heavy atom. The van der Waals surface area contributed by atoms with Crippen molar-refractivity contribution in [3.8, 4) is 0 Å². The van der Waals surface area contributed by atoms with Crippen molar-refractivity contribution in [1.29, 1.82) is 0 Å². The second-order valence-corrected chi connectivity index (χ2v) is 5.80. The number of hydrogen-bond acceptors (Lipinski definition) is 4. The Bertz CT molecular complexity index is 1020. The summed E-state index contributed by atoms with van der Waals surface area (Å²) in [5.74, 6) is -0.863. The third kappa shape index (κ3) is 3.42. The molecule has 6 nitrogen and oxygen atoms in total. The highest BCUT2D eigenvalue weighted by Gasteiger charge is 2.30. The molecule has 3 rings (SSSR count). The molecule has 27 heavy (non-hydrogen) atoms. The first-order valence-corrected chi connectivity index (χ1v) is 7.71. The molecule has 144 valence electrons. The van der Waals surface area contributed by atoms with E-state index in [2.05, 4.69) is 10.1 Å². The monoisotopic (exact) mass is 388 g/mol. The highest BCUT2D eigenvalue weighted by molar-refractivity contribution is 5.77. The number of nitrogens with one attached hydrogen (secondary N) is 1. The Kier molecular flexibility index (Phi) is 4.72. The van der Waals surface area contributed by atoms with Gasteiger partial charge < -0.3 is 10.1 Å². The minimum atomic E-state index is -4.49. The van der Waals surface area contributed by atoms with Gasteiger partial charge in [0.1, 0.15) is 11.1 Å². The SMILES string of the molecule is CC(c1ccc(C(F)(F)F)cc1)n1nc(CO)c2c(=O)[nH]c(C(F)F)nc21. The van der Waals surface area contributed by atoms with Gasteiger partial charge in [-0.1, -0.05) is 12.1 Å². The van der Waals surface area contributed by atoms with Gasteiger partial charge >= 0.3 is 6.18 Å². The molecule has 0 fully saturated rings. The Balaban J connectivity index is 2.14. The van der Waals surface area contributed by atoms with Crippen LogP contribution in [0.1, 0.15) is 42.0 Å². The van der Waals surface area contributed by atoms with E-state index in [-0.39, 0.29) is 16.7 Å². The molecule has 3 aromatic rings. The summed E-state index contributed by atoms with van der Waals surface area (Å²) in [4.78, 5) is 17.7. The van der Waals surface area contributed by atoms with Gasteiger partial charge in [-0.3, -0.25) is 4.79 Å². The molecule has 1 aromatic carbocycles. The quantitative estimate of drug-likeness (QED) is 0.673. The molecule has 1 unspecified atom stereocenters. The Morgan fingerprint density at radius 2 is 1.85 bits per heavy atom. The summed E-state index contributed by atoms with van der Waals surface area (Å²) in [6.07, 6.45) is -7.53. The van der Waals surface area contributed by atoms with Gasteiger partial charge in [-0.15, -0.1) is 0 Å². The molecular formula is C16H13F5N4O2. The van der Waals surface area contributed by atoms with Crippen LogP contribution in [0, 0.1) is 0 Å². The number of aliphatic hydroxyl groups excluding tert-OH is 1. The molecule has 0 spiro atoms. The maximum Gasteiger partial charge on any atom is 0.416 e. The molecular weight excluding hydrogens is 375 g/mol. The summed E-state index contributed by atoms with van der Waals surface area (Å²) in [6.45, 7) is 0.920. The van der Waals surface area contributed by atoms with E-state index in [1.54, 1.807) is 6.92 Å². The average molecular weight is 388 g/mol. The minimum absolute atomic E-state index is 0.0710. The van der Waals surface area contributed by atoms with Crippen molar-refractivity contribution in [2.45, 2.75) is 32.2 Å². The number of aromatic nitrogens is 4. The first kappa shape index (κ1) is 19.0. The number of fused-ring (bicyclic) bond motifs is 1. The van der Waals surface area contributed by atoms with Crippen LogP contribution in [0.4, 0.5) is 22.0 Å². The molecule has 2 aromatic heterocycles. The zero-order chi connectivity index (χ0) is 19.9. The highest BCUT2D eigenvalue weighted by Crippen LogP contribution is 2.31. The third-order valence-corrected chi connectivity index (χ3v) is 4.10. The first-order chi connectivity index (χ1) is 12.6. The van der Waals surface area contributed by atoms with Crippen LogP contribution >= 0.6 is 0 Å². The van der Waals surface area contributed by atoms with Crippen LogP contribution in [0.3, 0.4) is 0 Å². The summed E-state index contributed by atoms with van der Waals surface area (Å²) in [5, 5.41) is 13.3. The van der Waals surface area contributed by atoms with Gasteiger partial charge in [0.25, 0.3) is 12.0 Å². The summed E-state index contributed by atoms with van der Waals surface area (Å²) in [5.41, 5.74) is -1.60. The van der Waals surface area contributed by atoms with E-state index < -0.39 is 42.2 Å². The third-order valence-electron chi connectivity index (χ3n) is 4.10. The first-order valence-electron chi connectivity index (χ1n) is 7.71. The fourth-order valence-corrected chi connectivity index (χ4v) is 2.71. The number of hydrogen-bond donors (Lipinski definition) is 2. The normalized spacial score (nSPS) is 13.5. The summed E-state index contributed by atoms with van der Waals surface area (Å²) >= 11 is 0. The van der Waals surface area contributed by atoms with Crippen molar-refractivity contribution in [2.75, 3.05) is 0 Å². The molecule has 0 aliphatic heterocycles. The maximum atomic E-state index is 13.0. The molecule has 0 amide bonds. The second kappa shape index (κ2) is 6.72. The van der Waals surface area contributed by atoms with Crippen LogP contribution in [0.15, 0.2) is 29.1 Å². The van der Waals surface area contributed by atoms with Crippen LogP contribution in [-0.2, 0) is 12.8 Å². The molecule has 2 N–H and O–H groups in total. The van der Waals surface area contributed by atoms with Crippen LogP contribution < -0.4 is 5.56 Å². The van der Waals surface area contributed by atoms with Crippen LogP contribution in [0.25, 0.3) is 11.0 Å². The zero-order valence-corrected chi connectivity index (χ0v) is 13.8. The predicted octanol–water partition coefficient (Wildman–Crippen LogP) is 3.18. The number of H-pyrrole nitrogens is 1. The van der Waals surface area contributed by atoms with Crippen LogP contribution in [0.5, 0.6) is 0 Å². The summed E-state index contributed by atoms with van der Waals surface area (Å²) in [6, 6.07) is 3.49. The fourth-order valence-electron chi connectivity index (χ4n) is 2.71. The lowest BCUT2D eigenvalue weighted by atomic mass is 10.1. The standard InChI is InChI=1S/C16H13F5N4O2/c1-7(8-2-4-9(5-3-8)16(19,20)21)25-14-11(10(6-26)24-25)15(27)23-13(22-14)12(17)18/h2-5,7,12,26H,6H2,1H3,(H,22,23,27). The highest BCUT2D eigenvalue weighted by atomic mass is 19.4. The largest absolute Gasteiger partial charge is 0.416 e. The van der Waals surface area contributed by atoms with Crippen molar-refractivity contribution >= 4 is 11.0 Å². The lowest BCUT2D eigenvalue weighted by Crippen LogP contribution is -2.15. The number of halogens is 5. The van der Waals surface area contributed by atoms with E-state index in [9.17, 15) is 31.9 Å². The van der Waals surface area contributed by atoms with Gasteiger partial charge in [0, 0.05) is 0 Å². The van der Waals surface area contributed by atoms with Crippen molar-refractivity contribution in [3.63, 3.8) is 0 Å². The van der Waals surface area contributed by atoms with Crippen molar-refractivity contribution in [3.05, 3.63) is 57.3 Å². The number of nitrogens with zero attached hydrogens (tertiary/aromatic N) is 3. The Labute approximate surface area is 148 Å². The van der Waals surface area contributed by atoms with Gasteiger partial charge in [0.2, 0.25) is 0 Å². The lowest BCUT2D eigenvalue weighted by Gasteiger charge is -2.15. The van der Waals surface area contributed by atoms with Crippen molar-refractivity contribution in [2.24, 2.45) is 0 Å². The summed E-state index contributed by atoms with van der Waals surface area (Å²) in [7, 11) is 0.